The molecule has 0 bridgehead atoms. The molecule has 0 saturated carbocycles. The summed E-state index contributed by atoms with van der Waals surface area (Å²) in [6.45, 7) is 2.02. The molecular formula is C20H20N4O4S. The summed E-state index contributed by atoms with van der Waals surface area (Å²) >= 11 is 0. The van der Waals surface area contributed by atoms with Crippen molar-refractivity contribution >= 4 is 26.7 Å². The van der Waals surface area contributed by atoms with Crippen molar-refractivity contribution in [2.75, 3.05) is 0 Å². The number of nitrogens with one attached hydrogen (secondary N) is 2. The monoisotopic (exact) mass is 412 g/mol. The highest BCUT2D eigenvalue weighted by molar-refractivity contribution is 7.89. The standard InChI is InChI=1S/C20H20N4O4S/c1-2-24-20(26)17-9-4-3-8-16(17)18(22-24)19(25)21-23-29(27,28)15-11-10-13-6-5-7-14(13)12-15/h3-4,8-12,23H,2,5-7H2,1H3,(H,21,25). The molecule has 4 rings (SSSR count). The van der Waals surface area contributed by atoms with Gasteiger partial charge in [0.25, 0.3) is 21.5 Å². The van der Waals surface area contributed by atoms with Crippen LogP contribution in [-0.4, -0.2) is 24.1 Å². The third-order valence-corrected chi connectivity index (χ3v) is 6.31. The van der Waals surface area contributed by atoms with Crippen molar-refractivity contribution in [3.8, 4) is 0 Å². The Kier molecular flexibility index (Phi) is 4.93. The molecule has 0 spiro atoms. The fraction of sp³-hybridized carbons (Fsp3) is 0.250. The summed E-state index contributed by atoms with van der Waals surface area (Å²) in [7, 11) is -3.94. The highest BCUT2D eigenvalue weighted by Gasteiger charge is 2.21. The normalized spacial score (nSPS) is 13.4. The quantitative estimate of drug-likeness (QED) is 0.618. The molecule has 0 aliphatic heterocycles. The molecule has 1 heterocycles. The van der Waals surface area contributed by atoms with Crippen LogP contribution in [0.15, 0.2) is 52.2 Å². The second-order valence-corrected chi connectivity index (χ2v) is 8.54. The predicted octanol–water partition coefficient (Wildman–Crippen LogP) is 1.53. The van der Waals surface area contributed by atoms with E-state index in [0.717, 1.165) is 30.4 Å². The highest BCUT2D eigenvalue weighted by atomic mass is 32.2. The number of sulfonamides is 1. The molecule has 1 aliphatic carbocycles. The van der Waals surface area contributed by atoms with E-state index in [9.17, 15) is 18.0 Å². The number of fused-ring (bicyclic) bond motifs is 2. The molecule has 8 nitrogen and oxygen atoms in total. The Morgan fingerprint density at radius 2 is 1.83 bits per heavy atom. The van der Waals surface area contributed by atoms with Crippen LogP contribution in [0.3, 0.4) is 0 Å². The van der Waals surface area contributed by atoms with Crippen molar-refractivity contribution < 1.29 is 13.2 Å². The van der Waals surface area contributed by atoms with Crippen LogP contribution >= 0.6 is 0 Å². The number of carbonyl (C=O) groups is 1. The number of aryl methyl sites for hydroxylation is 3. The van der Waals surface area contributed by atoms with Crippen LogP contribution in [0.1, 0.15) is 35.0 Å². The zero-order chi connectivity index (χ0) is 20.6. The maximum absolute atomic E-state index is 12.7. The Labute approximate surface area is 167 Å². The molecule has 29 heavy (non-hydrogen) atoms. The number of nitrogens with zero attached hydrogens (tertiary/aromatic N) is 2. The summed E-state index contributed by atoms with van der Waals surface area (Å²) in [4.78, 5) is 27.3. The van der Waals surface area contributed by atoms with E-state index in [-0.39, 0.29) is 22.7 Å². The van der Waals surface area contributed by atoms with Crippen molar-refractivity contribution in [2.24, 2.45) is 0 Å². The molecule has 3 aromatic rings. The lowest BCUT2D eigenvalue weighted by Crippen LogP contribution is -2.42. The summed E-state index contributed by atoms with van der Waals surface area (Å²) in [5, 5.41) is 4.80. The van der Waals surface area contributed by atoms with Gasteiger partial charge in [0.05, 0.1) is 10.3 Å². The van der Waals surface area contributed by atoms with Crippen LogP contribution in [0.25, 0.3) is 10.8 Å². The van der Waals surface area contributed by atoms with Gasteiger partial charge in [0, 0.05) is 11.9 Å². The molecule has 2 N–H and O–H groups in total. The van der Waals surface area contributed by atoms with Crippen LogP contribution < -0.4 is 15.8 Å². The summed E-state index contributed by atoms with van der Waals surface area (Å²) in [6, 6.07) is 11.6. The molecule has 150 valence electrons. The lowest BCUT2D eigenvalue weighted by atomic mass is 10.1. The van der Waals surface area contributed by atoms with Gasteiger partial charge in [-0.2, -0.15) is 5.10 Å². The van der Waals surface area contributed by atoms with E-state index in [2.05, 4.69) is 15.4 Å². The maximum atomic E-state index is 12.7. The van der Waals surface area contributed by atoms with Gasteiger partial charge in [-0.05, 0) is 55.5 Å². The summed E-state index contributed by atoms with van der Waals surface area (Å²) in [5.41, 5.74) is 4.05. The first-order chi connectivity index (χ1) is 13.9. The van der Waals surface area contributed by atoms with Crippen molar-refractivity contribution in [3.05, 3.63) is 69.6 Å². The van der Waals surface area contributed by atoms with E-state index >= 15 is 0 Å². The van der Waals surface area contributed by atoms with Crippen LogP contribution in [0.5, 0.6) is 0 Å². The van der Waals surface area contributed by atoms with Gasteiger partial charge in [0.15, 0.2) is 5.69 Å². The first kappa shape index (κ1) is 19.3. The van der Waals surface area contributed by atoms with E-state index < -0.39 is 15.9 Å². The van der Waals surface area contributed by atoms with E-state index in [1.165, 1.54) is 10.7 Å². The molecule has 1 aromatic heterocycles. The van der Waals surface area contributed by atoms with E-state index in [4.69, 9.17) is 0 Å². The molecule has 1 aliphatic rings. The minimum atomic E-state index is -3.94. The molecular weight excluding hydrogens is 392 g/mol. The Hall–Kier alpha value is -3.04. The van der Waals surface area contributed by atoms with Gasteiger partial charge in [-0.15, -0.1) is 4.83 Å². The molecule has 1 amide bonds. The maximum Gasteiger partial charge on any atom is 0.287 e. The van der Waals surface area contributed by atoms with Gasteiger partial charge in [-0.3, -0.25) is 15.0 Å². The Bertz CT molecular complexity index is 1280. The van der Waals surface area contributed by atoms with Crippen molar-refractivity contribution in [1.82, 2.24) is 20.0 Å². The van der Waals surface area contributed by atoms with Gasteiger partial charge in [0.1, 0.15) is 0 Å². The van der Waals surface area contributed by atoms with Crippen LogP contribution in [-0.2, 0) is 29.4 Å². The zero-order valence-electron chi connectivity index (χ0n) is 15.8. The number of hydrogen-bond acceptors (Lipinski definition) is 5. The lowest BCUT2D eigenvalue weighted by molar-refractivity contribution is 0.0939. The number of aromatic nitrogens is 2. The summed E-state index contributed by atoms with van der Waals surface area (Å²) in [6.07, 6.45) is 2.81. The van der Waals surface area contributed by atoms with E-state index in [1.54, 1.807) is 37.3 Å². The van der Waals surface area contributed by atoms with Gasteiger partial charge in [-0.25, -0.2) is 13.1 Å². The fourth-order valence-corrected chi connectivity index (χ4v) is 4.45. The fourth-order valence-electron chi connectivity index (χ4n) is 3.56. The number of carbonyl (C=O) groups excluding carboxylic acids is 1. The van der Waals surface area contributed by atoms with Crippen LogP contribution in [0.2, 0.25) is 0 Å². The number of hydrazine groups is 1. The first-order valence-corrected chi connectivity index (χ1v) is 10.8. The SMILES string of the molecule is CCn1nc(C(=O)NNS(=O)(=O)c2ccc3c(c2)CCC3)c2ccccc2c1=O. The smallest absolute Gasteiger partial charge is 0.272 e. The average Bonchev–Trinajstić information content (AvgIpc) is 3.20. The second-order valence-electron chi connectivity index (χ2n) is 6.86. The van der Waals surface area contributed by atoms with Gasteiger partial charge in [0.2, 0.25) is 0 Å². The van der Waals surface area contributed by atoms with Gasteiger partial charge in [-0.1, -0.05) is 24.3 Å². The highest BCUT2D eigenvalue weighted by Crippen LogP contribution is 2.24. The predicted molar refractivity (Wildman–Crippen MR) is 108 cm³/mol. The third-order valence-electron chi connectivity index (χ3n) is 5.06. The van der Waals surface area contributed by atoms with Crippen molar-refractivity contribution in [1.29, 1.82) is 0 Å². The summed E-state index contributed by atoms with van der Waals surface area (Å²) in [5.74, 6) is -0.742. The minimum Gasteiger partial charge on any atom is -0.272 e. The minimum absolute atomic E-state index is 0.0290. The van der Waals surface area contributed by atoms with Gasteiger partial charge < -0.3 is 0 Å². The summed E-state index contributed by atoms with van der Waals surface area (Å²) < 4.78 is 26.4. The topological polar surface area (TPSA) is 110 Å². The molecule has 9 heteroatoms. The van der Waals surface area contributed by atoms with Crippen LogP contribution in [0, 0.1) is 0 Å². The number of hydrogen-bond donors (Lipinski definition) is 2. The molecule has 0 saturated heterocycles. The Balaban J connectivity index is 1.62. The largest absolute Gasteiger partial charge is 0.287 e. The zero-order valence-corrected chi connectivity index (χ0v) is 16.6. The van der Waals surface area contributed by atoms with E-state index in [0.29, 0.717) is 10.8 Å². The molecule has 0 atom stereocenters. The lowest BCUT2D eigenvalue weighted by Gasteiger charge is -2.12. The number of amides is 1. The third kappa shape index (κ3) is 3.54. The van der Waals surface area contributed by atoms with Crippen LogP contribution in [0.4, 0.5) is 0 Å². The molecule has 0 radical (unpaired) electrons. The van der Waals surface area contributed by atoms with Gasteiger partial charge >= 0.3 is 0 Å². The molecule has 0 unspecified atom stereocenters. The number of rotatable bonds is 5. The van der Waals surface area contributed by atoms with E-state index in [1.807, 2.05) is 6.07 Å². The molecule has 2 aromatic carbocycles. The first-order valence-electron chi connectivity index (χ1n) is 9.34. The second kappa shape index (κ2) is 7.41. The Morgan fingerprint density at radius 1 is 1.10 bits per heavy atom. The average molecular weight is 412 g/mol. The number of benzene rings is 2. The van der Waals surface area contributed by atoms with Crippen molar-refractivity contribution in [2.45, 2.75) is 37.6 Å². The Morgan fingerprint density at radius 3 is 2.59 bits per heavy atom. The molecule has 0 fully saturated rings. The van der Waals surface area contributed by atoms with Crippen molar-refractivity contribution in [3.63, 3.8) is 0 Å².